The molecule has 1 fully saturated rings. The maximum atomic E-state index is 14.6. The molecule has 2 unspecified atom stereocenters. The highest BCUT2D eigenvalue weighted by atomic mass is 35.5. The molecule has 3 amide bonds. The Balaban J connectivity index is 1.71. The average molecular weight is 626 g/mol. The fourth-order valence-electron chi connectivity index (χ4n) is 5.64. The van der Waals surface area contributed by atoms with Crippen LogP contribution in [0.2, 0.25) is 10.0 Å². The summed E-state index contributed by atoms with van der Waals surface area (Å²) in [4.78, 5) is 36.2. The van der Waals surface area contributed by atoms with E-state index in [-0.39, 0.29) is 38.3 Å². The van der Waals surface area contributed by atoms with Crippen LogP contribution >= 0.6 is 23.2 Å². The zero-order chi connectivity index (χ0) is 30.9. The summed E-state index contributed by atoms with van der Waals surface area (Å²) in [6, 6.07) is 19.5. The van der Waals surface area contributed by atoms with Crippen molar-refractivity contribution in [3.05, 3.63) is 93.5 Å². The first-order valence-electron chi connectivity index (χ1n) is 14.0. The number of aliphatic imine (C=N–C) groups is 1. The Bertz CT molecular complexity index is 1520. The highest BCUT2D eigenvalue weighted by Crippen LogP contribution is 2.50. The Labute approximate surface area is 261 Å². The van der Waals surface area contributed by atoms with Gasteiger partial charge in [-0.25, -0.2) is 9.59 Å². The first-order valence-corrected chi connectivity index (χ1v) is 14.8. The second kappa shape index (κ2) is 12.3. The average Bonchev–Trinajstić information content (AvgIpc) is 3.30. The zero-order valence-corrected chi connectivity index (χ0v) is 26.0. The molecule has 2 atom stereocenters. The van der Waals surface area contributed by atoms with Crippen LogP contribution in [0.4, 0.5) is 9.59 Å². The number of nitrogens with zero attached hydrogens (tertiary/aromatic N) is 4. The van der Waals surface area contributed by atoms with Gasteiger partial charge in [0.25, 0.3) is 0 Å². The smallest absolute Gasteiger partial charge is 0.407 e. The SMILES string of the molecule is COc1ccc(C2=NC(C)(c3ccc(Cl)cc3)C(c3ccc(Cl)cc3)N2C(=O)N2CCN(C(=O)O)CC2)c(OC(C)C)c1. The number of rotatable bonds is 6. The van der Waals surface area contributed by atoms with Crippen molar-refractivity contribution in [2.75, 3.05) is 33.3 Å². The van der Waals surface area contributed by atoms with Crippen LogP contribution in [0.3, 0.4) is 0 Å². The lowest BCUT2D eigenvalue weighted by Crippen LogP contribution is -2.55. The Hall–Kier alpha value is -3.95. The number of amides is 3. The standard InChI is InChI=1S/C32H34Cl2N4O5/c1-20(2)43-27-19-25(42-4)13-14-26(27)29-35-32(3,22-7-11-24(34)12-8-22)28(21-5-9-23(33)10-6-21)38(29)30(39)36-15-17-37(18-16-36)31(40)41/h5-14,19-20,28H,15-18H2,1-4H3,(H,40,41). The van der Waals surface area contributed by atoms with E-state index in [0.717, 1.165) is 11.1 Å². The van der Waals surface area contributed by atoms with Crippen molar-refractivity contribution < 1.29 is 24.2 Å². The quantitative estimate of drug-likeness (QED) is 0.321. The molecule has 11 heteroatoms. The van der Waals surface area contributed by atoms with Crippen molar-refractivity contribution in [2.24, 2.45) is 4.99 Å². The lowest BCUT2D eigenvalue weighted by molar-refractivity contribution is 0.100. The van der Waals surface area contributed by atoms with Crippen LogP contribution in [-0.4, -0.2) is 77.2 Å². The first kappa shape index (κ1) is 30.5. The highest BCUT2D eigenvalue weighted by molar-refractivity contribution is 6.30. The van der Waals surface area contributed by atoms with Crippen molar-refractivity contribution in [3.63, 3.8) is 0 Å². The Morgan fingerprint density at radius 2 is 1.51 bits per heavy atom. The van der Waals surface area contributed by atoms with Gasteiger partial charge in [-0.15, -0.1) is 0 Å². The molecule has 0 saturated carbocycles. The molecule has 1 N–H and O–H groups in total. The van der Waals surface area contributed by atoms with E-state index in [1.165, 1.54) is 4.90 Å². The van der Waals surface area contributed by atoms with E-state index >= 15 is 0 Å². The molecule has 5 rings (SSSR count). The summed E-state index contributed by atoms with van der Waals surface area (Å²) in [5.41, 5.74) is 1.38. The minimum absolute atomic E-state index is 0.157. The van der Waals surface area contributed by atoms with E-state index in [1.807, 2.05) is 69.3 Å². The summed E-state index contributed by atoms with van der Waals surface area (Å²) in [6.07, 6.45) is -1.16. The van der Waals surface area contributed by atoms with Gasteiger partial charge in [-0.1, -0.05) is 47.5 Å². The van der Waals surface area contributed by atoms with Crippen molar-refractivity contribution >= 4 is 41.2 Å². The predicted molar refractivity (Wildman–Crippen MR) is 167 cm³/mol. The number of urea groups is 1. The lowest BCUT2D eigenvalue weighted by Gasteiger charge is -2.40. The minimum Gasteiger partial charge on any atom is -0.497 e. The molecular formula is C32H34Cl2N4O5. The van der Waals surface area contributed by atoms with Gasteiger partial charge >= 0.3 is 12.1 Å². The monoisotopic (exact) mass is 624 g/mol. The van der Waals surface area contributed by atoms with E-state index in [0.29, 0.717) is 32.9 Å². The number of carboxylic acid groups (broad SMARTS) is 1. The van der Waals surface area contributed by atoms with Crippen LogP contribution in [0, 0.1) is 0 Å². The van der Waals surface area contributed by atoms with E-state index in [2.05, 4.69) is 0 Å². The number of benzene rings is 3. The van der Waals surface area contributed by atoms with Gasteiger partial charge in [-0.05, 0) is 68.3 Å². The molecule has 2 aliphatic heterocycles. The summed E-state index contributed by atoms with van der Waals surface area (Å²) in [5, 5.41) is 10.6. The molecule has 2 heterocycles. The molecule has 9 nitrogen and oxygen atoms in total. The van der Waals surface area contributed by atoms with E-state index in [9.17, 15) is 14.7 Å². The molecule has 2 aliphatic rings. The summed E-state index contributed by atoms with van der Waals surface area (Å²) in [6.45, 7) is 6.78. The van der Waals surface area contributed by atoms with Crippen molar-refractivity contribution in [1.82, 2.24) is 14.7 Å². The number of piperazine rings is 1. The van der Waals surface area contributed by atoms with Gasteiger partial charge in [0, 0.05) is 42.3 Å². The van der Waals surface area contributed by atoms with Crippen LogP contribution in [-0.2, 0) is 5.54 Å². The van der Waals surface area contributed by atoms with E-state index < -0.39 is 17.7 Å². The normalized spacial score (nSPS) is 20.3. The molecule has 3 aromatic rings. The first-order chi connectivity index (χ1) is 20.5. The number of carbonyl (C=O) groups excluding carboxylic acids is 1. The molecule has 43 heavy (non-hydrogen) atoms. The molecule has 0 radical (unpaired) electrons. The van der Waals surface area contributed by atoms with Crippen molar-refractivity contribution in [2.45, 2.75) is 38.5 Å². The maximum Gasteiger partial charge on any atom is 0.407 e. The van der Waals surface area contributed by atoms with Gasteiger partial charge in [0.2, 0.25) is 0 Å². The number of hydrogen-bond acceptors (Lipinski definition) is 5. The fourth-order valence-corrected chi connectivity index (χ4v) is 5.89. The predicted octanol–water partition coefficient (Wildman–Crippen LogP) is 6.92. The van der Waals surface area contributed by atoms with Crippen molar-refractivity contribution in [3.8, 4) is 11.5 Å². The van der Waals surface area contributed by atoms with E-state index in [1.54, 1.807) is 35.1 Å². The molecule has 0 aromatic heterocycles. The minimum atomic E-state index is -1.00. The Kier molecular flexibility index (Phi) is 8.76. The van der Waals surface area contributed by atoms with E-state index in [4.69, 9.17) is 37.7 Å². The number of methoxy groups -OCH3 is 1. The molecule has 0 spiro atoms. The number of amidine groups is 1. The second-order valence-corrected chi connectivity index (χ2v) is 11.9. The molecule has 226 valence electrons. The molecule has 0 bridgehead atoms. The van der Waals surface area contributed by atoms with Gasteiger partial charge in [0.1, 0.15) is 22.9 Å². The second-order valence-electron chi connectivity index (χ2n) is 11.0. The third-order valence-electron chi connectivity index (χ3n) is 7.79. The summed E-state index contributed by atoms with van der Waals surface area (Å²) >= 11 is 12.6. The summed E-state index contributed by atoms with van der Waals surface area (Å²) in [7, 11) is 1.59. The van der Waals surface area contributed by atoms with Gasteiger partial charge in [0.05, 0.1) is 24.8 Å². The van der Waals surface area contributed by atoms with Crippen LogP contribution in [0.25, 0.3) is 0 Å². The van der Waals surface area contributed by atoms with Crippen LogP contribution in [0.1, 0.15) is 43.5 Å². The van der Waals surface area contributed by atoms with Gasteiger partial charge < -0.3 is 24.4 Å². The maximum absolute atomic E-state index is 14.6. The highest BCUT2D eigenvalue weighted by Gasteiger charge is 2.52. The molecular weight excluding hydrogens is 591 g/mol. The van der Waals surface area contributed by atoms with Crippen LogP contribution < -0.4 is 9.47 Å². The third kappa shape index (κ3) is 6.10. The van der Waals surface area contributed by atoms with Gasteiger partial charge in [-0.2, -0.15) is 0 Å². The number of ether oxygens (including phenoxy) is 2. The Morgan fingerprint density at radius 3 is 2.07 bits per heavy atom. The lowest BCUT2D eigenvalue weighted by atomic mass is 9.81. The number of halogens is 2. The van der Waals surface area contributed by atoms with Crippen LogP contribution in [0.5, 0.6) is 11.5 Å². The van der Waals surface area contributed by atoms with Gasteiger partial charge in [0.15, 0.2) is 0 Å². The Morgan fingerprint density at radius 1 is 0.930 bits per heavy atom. The fraction of sp³-hybridized carbons (Fsp3) is 0.344. The molecule has 1 saturated heterocycles. The van der Waals surface area contributed by atoms with Crippen LogP contribution in [0.15, 0.2) is 71.7 Å². The molecule has 3 aromatic carbocycles. The third-order valence-corrected chi connectivity index (χ3v) is 8.29. The number of carbonyl (C=O) groups is 2. The summed E-state index contributed by atoms with van der Waals surface area (Å²) in [5.74, 6) is 1.56. The van der Waals surface area contributed by atoms with Crippen molar-refractivity contribution in [1.29, 1.82) is 0 Å². The van der Waals surface area contributed by atoms with Gasteiger partial charge in [-0.3, -0.25) is 9.89 Å². The molecule has 0 aliphatic carbocycles. The zero-order valence-electron chi connectivity index (χ0n) is 24.5. The topological polar surface area (TPSA) is 94.9 Å². The largest absolute Gasteiger partial charge is 0.497 e. The summed E-state index contributed by atoms with van der Waals surface area (Å²) < 4.78 is 11.7. The number of hydrogen-bond donors (Lipinski definition) is 1.